The maximum atomic E-state index is 11.6. The smallest absolute Gasteiger partial charge is 0.172 e. The van der Waals surface area contributed by atoms with Gasteiger partial charge in [0, 0.05) is 13.0 Å². The highest BCUT2D eigenvalue weighted by Crippen LogP contribution is 2.13. The number of ether oxygens (including phenoxy) is 2. The van der Waals surface area contributed by atoms with Gasteiger partial charge in [-0.2, -0.15) is 0 Å². The van der Waals surface area contributed by atoms with Gasteiger partial charge >= 0.3 is 0 Å². The number of hydrogen-bond acceptors (Lipinski definition) is 4. The SMILES string of the molecule is O=C(CCCOC1COC1)c1cccs1. The topological polar surface area (TPSA) is 35.5 Å². The molecule has 0 aromatic carbocycles. The van der Waals surface area contributed by atoms with E-state index in [-0.39, 0.29) is 11.9 Å². The maximum absolute atomic E-state index is 11.6. The molecule has 15 heavy (non-hydrogen) atoms. The average molecular weight is 226 g/mol. The zero-order valence-electron chi connectivity index (χ0n) is 8.48. The summed E-state index contributed by atoms with van der Waals surface area (Å²) in [6.07, 6.45) is 1.64. The van der Waals surface area contributed by atoms with Gasteiger partial charge in [0.05, 0.1) is 18.1 Å². The van der Waals surface area contributed by atoms with Gasteiger partial charge in [-0.3, -0.25) is 4.79 Å². The zero-order valence-corrected chi connectivity index (χ0v) is 9.29. The molecule has 2 rings (SSSR count). The summed E-state index contributed by atoms with van der Waals surface area (Å²) in [6.45, 7) is 2.07. The molecule has 1 aliphatic rings. The van der Waals surface area contributed by atoms with Crippen LogP contribution in [0.1, 0.15) is 22.5 Å². The Bertz CT molecular complexity index is 304. The predicted molar refractivity (Wildman–Crippen MR) is 58.4 cm³/mol. The Morgan fingerprint density at radius 3 is 3.07 bits per heavy atom. The van der Waals surface area contributed by atoms with Crippen molar-refractivity contribution >= 4 is 17.1 Å². The van der Waals surface area contributed by atoms with Crippen LogP contribution in [0.5, 0.6) is 0 Å². The summed E-state index contributed by atoms with van der Waals surface area (Å²) in [4.78, 5) is 12.4. The molecule has 0 radical (unpaired) electrons. The molecule has 1 aromatic rings. The third kappa shape index (κ3) is 3.12. The number of Topliss-reactive ketones (excluding diaryl/α,β-unsaturated/α-hetero) is 1. The molecule has 0 aliphatic carbocycles. The van der Waals surface area contributed by atoms with Gasteiger partial charge in [-0.15, -0.1) is 11.3 Å². The van der Waals surface area contributed by atoms with Gasteiger partial charge in [0.1, 0.15) is 6.10 Å². The molecule has 0 atom stereocenters. The highest BCUT2D eigenvalue weighted by Gasteiger charge is 2.18. The molecule has 0 amide bonds. The first kappa shape index (κ1) is 10.8. The van der Waals surface area contributed by atoms with Crippen LogP contribution in [0.3, 0.4) is 0 Å². The van der Waals surface area contributed by atoms with E-state index in [1.165, 1.54) is 11.3 Å². The number of carbonyl (C=O) groups excluding carboxylic acids is 1. The molecule has 1 fully saturated rings. The van der Waals surface area contributed by atoms with E-state index in [1.807, 2.05) is 17.5 Å². The minimum atomic E-state index is 0.221. The summed E-state index contributed by atoms with van der Waals surface area (Å²) in [5.41, 5.74) is 0. The minimum absolute atomic E-state index is 0.221. The van der Waals surface area contributed by atoms with Crippen molar-refractivity contribution in [2.45, 2.75) is 18.9 Å². The number of carbonyl (C=O) groups is 1. The van der Waals surface area contributed by atoms with E-state index in [0.29, 0.717) is 26.2 Å². The van der Waals surface area contributed by atoms with Crippen LogP contribution in [-0.2, 0) is 9.47 Å². The zero-order chi connectivity index (χ0) is 10.5. The lowest BCUT2D eigenvalue weighted by Crippen LogP contribution is -2.36. The monoisotopic (exact) mass is 226 g/mol. The fourth-order valence-electron chi connectivity index (χ4n) is 1.35. The molecule has 2 heterocycles. The van der Waals surface area contributed by atoms with Crippen molar-refractivity contribution in [2.24, 2.45) is 0 Å². The Hall–Kier alpha value is -0.710. The fourth-order valence-corrected chi connectivity index (χ4v) is 2.05. The Balaban J connectivity index is 1.59. The maximum Gasteiger partial charge on any atom is 0.172 e. The summed E-state index contributed by atoms with van der Waals surface area (Å²) in [6, 6.07) is 3.77. The van der Waals surface area contributed by atoms with Crippen molar-refractivity contribution in [1.82, 2.24) is 0 Å². The van der Waals surface area contributed by atoms with E-state index in [0.717, 1.165) is 11.3 Å². The third-order valence-corrected chi connectivity index (χ3v) is 3.22. The normalized spacial score (nSPS) is 16.3. The molecule has 0 N–H and O–H groups in total. The van der Waals surface area contributed by atoms with Gasteiger partial charge in [-0.25, -0.2) is 0 Å². The molecular weight excluding hydrogens is 212 g/mol. The molecule has 82 valence electrons. The largest absolute Gasteiger partial charge is 0.376 e. The van der Waals surface area contributed by atoms with Crippen LogP contribution in [0.25, 0.3) is 0 Å². The van der Waals surface area contributed by atoms with Crippen molar-refractivity contribution in [3.05, 3.63) is 22.4 Å². The standard InChI is InChI=1S/C11H14O3S/c12-10(11-4-2-6-15-11)3-1-5-14-9-7-13-8-9/h2,4,6,9H,1,3,5,7-8H2. The summed E-state index contributed by atoms with van der Waals surface area (Å²) in [7, 11) is 0. The number of thiophene rings is 1. The molecule has 4 heteroatoms. The van der Waals surface area contributed by atoms with Crippen molar-refractivity contribution < 1.29 is 14.3 Å². The number of ketones is 1. The average Bonchev–Trinajstić information content (AvgIpc) is 2.67. The lowest BCUT2D eigenvalue weighted by Gasteiger charge is -2.25. The van der Waals surface area contributed by atoms with Crippen LogP contribution in [0, 0.1) is 0 Å². The third-order valence-electron chi connectivity index (χ3n) is 2.31. The van der Waals surface area contributed by atoms with Crippen LogP contribution < -0.4 is 0 Å². The van der Waals surface area contributed by atoms with Crippen molar-refractivity contribution in [3.8, 4) is 0 Å². The summed E-state index contributed by atoms with van der Waals surface area (Å²) >= 11 is 1.50. The van der Waals surface area contributed by atoms with Crippen molar-refractivity contribution in [1.29, 1.82) is 0 Å². The second kappa shape index (κ2) is 5.39. The van der Waals surface area contributed by atoms with E-state index in [1.54, 1.807) is 0 Å². The van der Waals surface area contributed by atoms with Crippen LogP contribution in [0.15, 0.2) is 17.5 Å². The van der Waals surface area contributed by atoms with Crippen LogP contribution in [0.2, 0.25) is 0 Å². The fraction of sp³-hybridized carbons (Fsp3) is 0.545. The molecule has 1 aromatic heterocycles. The quantitative estimate of drug-likeness (QED) is 0.550. The van der Waals surface area contributed by atoms with Crippen molar-refractivity contribution in [3.63, 3.8) is 0 Å². The summed E-state index contributed by atoms with van der Waals surface area (Å²) < 4.78 is 10.5. The Kier molecular flexibility index (Phi) is 3.88. The number of hydrogen-bond donors (Lipinski definition) is 0. The summed E-state index contributed by atoms with van der Waals surface area (Å²) in [5.74, 6) is 0.221. The van der Waals surface area contributed by atoms with E-state index >= 15 is 0 Å². The highest BCUT2D eigenvalue weighted by molar-refractivity contribution is 7.12. The Labute approximate surface area is 93.0 Å². The molecule has 1 aliphatic heterocycles. The van der Waals surface area contributed by atoms with Crippen LogP contribution in [0.4, 0.5) is 0 Å². The van der Waals surface area contributed by atoms with Crippen LogP contribution in [-0.4, -0.2) is 31.7 Å². The van der Waals surface area contributed by atoms with E-state index in [2.05, 4.69) is 0 Å². The second-order valence-corrected chi connectivity index (χ2v) is 4.48. The van der Waals surface area contributed by atoms with E-state index in [9.17, 15) is 4.79 Å². The van der Waals surface area contributed by atoms with Crippen LogP contribution >= 0.6 is 11.3 Å². The van der Waals surface area contributed by atoms with Gasteiger partial charge in [-0.1, -0.05) is 6.07 Å². The minimum Gasteiger partial charge on any atom is -0.376 e. The first-order valence-corrected chi connectivity index (χ1v) is 6.00. The lowest BCUT2D eigenvalue weighted by molar-refractivity contribution is -0.129. The molecule has 0 bridgehead atoms. The molecule has 0 unspecified atom stereocenters. The van der Waals surface area contributed by atoms with Crippen molar-refractivity contribution in [2.75, 3.05) is 19.8 Å². The summed E-state index contributed by atoms with van der Waals surface area (Å²) in [5, 5.41) is 1.93. The highest BCUT2D eigenvalue weighted by atomic mass is 32.1. The molecule has 0 saturated carbocycles. The van der Waals surface area contributed by atoms with Gasteiger partial charge in [-0.05, 0) is 17.9 Å². The Morgan fingerprint density at radius 1 is 1.60 bits per heavy atom. The van der Waals surface area contributed by atoms with Gasteiger partial charge in [0.25, 0.3) is 0 Å². The number of rotatable bonds is 6. The lowest BCUT2D eigenvalue weighted by atomic mass is 10.2. The van der Waals surface area contributed by atoms with E-state index < -0.39 is 0 Å². The Morgan fingerprint density at radius 2 is 2.47 bits per heavy atom. The van der Waals surface area contributed by atoms with Gasteiger partial charge in [0.15, 0.2) is 5.78 Å². The second-order valence-electron chi connectivity index (χ2n) is 3.53. The van der Waals surface area contributed by atoms with Gasteiger partial charge < -0.3 is 9.47 Å². The van der Waals surface area contributed by atoms with E-state index in [4.69, 9.17) is 9.47 Å². The molecule has 1 saturated heterocycles. The first-order valence-electron chi connectivity index (χ1n) is 5.12. The first-order chi connectivity index (χ1) is 7.36. The molecule has 0 spiro atoms. The molecule has 3 nitrogen and oxygen atoms in total. The predicted octanol–water partition coefficient (Wildman–Crippen LogP) is 2.13. The van der Waals surface area contributed by atoms with Gasteiger partial charge in [0.2, 0.25) is 0 Å². The molecular formula is C11H14O3S.